The molecule has 0 amide bonds. The molecule has 82 valence electrons. The quantitative estimate of drug-likeness (QED) is 0.770. The zero-order valence-corrected chi connectivity index (χ0v) is 9.27. The van der Waals surface area contributed by atoms with Gasteiger partial charge in [0.2, 0.25) is 0 Å². The van der Waals surface area contributed by atoms with Crippen LogP contribution in [0.4, 0.5) is 11.4 Å². The van der Waals surface area contributed by atoms with E-state index in [0.29, 0.717) is 0 Å². The Bertz CT molecular complexity index is 463. The van der Waals surface area contributed by atoms with Crippen molar-refractivity contribution >= 4 is 11.4 Å². The fourth-order valence-electron chi connectivity index (χ4n) is 1.49. The molecule has 3 heteroatoms. The number of nitrogens with one attached hydrogen (secondary N) is 1. The van der Waals surface area contributed by atoms with Crippen molar-refractivity contribution in [2.24, 2.45) is 0 Å². The van der Waals surface area contributed by atoms with Crippen LogP contribution in [0.15, 0.2) is 42.5 Å². The molecule has 16 heavy (non-hydrogen) atoms. The van der Waals surface area contributed by atoms with Crippen molar-refractivity contribution in [1.29, 1.82) is 0 Å². The first kappa shape index (κ1) is 10.5. The Hall–Kier alpha value is -2.03. The molecule has 3 nitrogen and oxygen atoms in total. The lowest BCUT2D eigenvalue weighted by Gasteiger charge is -2.06. The summed E-state index contributed by atoms with van der Waals surface area (Å²) in [5, 5.41) is 3.30. The number of hydrogen-bond acceptors (Lipinski definition) is 3. The second-order valence-electron chi connectivity index (χ2n) is 3.75. The summed E-state index contributed by atoms with van der Waals surface area (Å²) in [4.78, 5) is 4.42. The van der Waals surface area contributed by atoms with E-state index < -0.39 is 0 Å². The standard InChI is InChI=1S/C13H15N3/c1-10-3-2-4-13(16-10)9-15-12-7-5-11(14)6-8-12/h2-8,15H,9,14H2,1H3. The third-order valence-corrected chi connectivity index (χ3v) is 2.33. The number of nitrogen functional groups attached to an aromatic ring is 1. The SMILES string of the molecule is Cc1cccc(CNc2ccc(N)cc2)n1. The summed E-state index contributed by atoms with van der Waals surface area (Å²) in [6.45, 7) is 2.72. The number of aromatic nitrogens is 1. The Kier molecular flexibility index (Phi) is 3.05. The van der Waals surface area contributed by atoms with Gasteiger partial charge in [-0.3, -0.25) is 4.98 Å². The van der Waals surface area contributed by atoms with Crippen molar-refractivity contribution in [3.63, 3.8) is 0 Å². The Morgan fingerprint density at radius 3 is 2.56 bits per heavy atom. The summed E-state index contributed by atoms with van der Waals surface area (Å²) in [5.74, 6) is 0. The summed E-state index contributed by atoms with van der Waals surface area (Å²) in [7, 11) is 0. The number of hydrogen-bond donors (Lipinski definition) is 2. The first-order chi connectivity index (χ1) is 7.74. The van der Waals surface area contributed by atoms with Gasteiger partial charge in [-0.15, -0.1) is 0 Å². The van der Waals surface area contributed by atoms with Gasteiger partial charge in [0, 0.05) is 17.1 Å². The molecular weight excluding hydrogens is 198 g/mol. The molecule has 0 fully saturated rings. The molecule has 3 N–H and O–H groups in total. The number of rotatable bonds is 3. The first-order valence-corrected chi connectivity index (χ1v) is 5.26. The molecule has 0 atom stereocenters. The van der Waals surface area contributed by atoms with E-state index in [-0.39, 0.29) is 0 Å². The van der Waals surface area contributed by atoms with Crippen LogP contribution >= 0.6 is 0 Å². The molecule has 2 aromatic rings. The molecule has 0 aliphatic heterocycles. The first-order valence-electron chi connectivity index (χ1n) is 5.26. The molecule has 0 aliphatic rings. The molecule has 1 aromatic heterocycles. The van der Waals surface area contributed by atoms with Crippen molar-refractivity contribution in [1.82, 2.24) is 4.98 Å². The van der Waals surface area contributed by atoms with Crippen LogP contribution < -0.4 is 11.1 Å². The van der Waals surface area contributed by atoms with E-state index in [1.807, 2.05) is 49.4 Å². The molecule has 1 heterocycles. The third-order valence-electron chi connectivity index (χ3n) is 2.33. The van der Waals surface area contributed by atoms with Crippen molar-refractivity contribution in [3.05, 3.63) is 53.9 Å². The lowest BCUT2D eigenvalue weighted by molar-refractivity contribution is 1.02. The van der Waals surface area contributed by atoms with Gasteiger partial charge in [-0.1, -0.05) is 6.07 Å². The van der Waals surface area contributed by atoms with Crippen LogP contribution in [0.5, 0.6) is 0 Å². The predicted molar refractivity (Wildman–Crippen MR) is 67.2 cm³/mol. The lowest BCUT2D eigenvalue weighted by atomic mass is 10.2. The number of nitrogens with zero attached hydrogens (tertiary/aromatic N) is 1. The van der Waals surface area contributed by atoms with Gasteiger partial charge in [-0.05, 0) is 43.3 Å². The highest BCUT2D eigenvalue weighted by Gasteiger charge is 1.95. The molecule has 2 rings (SSSR count). The zero-order chi connectivity index (χ0) is 11.4. The van der Waals surface area contributed by atoms with Crippen LogP contribution in [0.25, 0.3) is 0 Å². The van der Waals surface area contributed by atoms with Gasteiger partial charge in [-0.2, -0.15) is 0 Å². The topological polar surface area (TPSA) is 50.9 Å². The Labute approximate surface area is 95.3 Å². The molecule has 0 saturated carbocycles. The summed E-state index contributed by atoms with van der Waals surface area (Å²) in [6.07, 6.45) is 0. The minimum absolute atomic E-state index is 0.728. The van der Waals surface area contributed by atoms with Gasteiger partial charge < -0.3 is 11.1 Å². The van der Waals surface area contributed by atoms with E-state index in [1.54, 1.807) is 0 Å². The van der Waals surface area contributed by atoms with Crippen LogP contribution in [0.3, 0.4) is 0 Å². The number of anilines is 2. The zero-order valence-electron chi connectivity index (χ0n) is 9.27. The van der Waals surface area contributed by atoms with E-state index in [4.69, 9.17) is 5.73 Å². The Morgan fingerprint density at radius 1 is 1.12 bits per heavy atom. The Balaban J connectivity index is 1.99. The van der Waals surface area contributed by atoms with E-state index in [0.717, 1.165) is 29.3 Å². The molecule has 0 bridgehead atoms. The second kappa shape index (κ2) is 4.66. The van der Waals surface area contributed by atoms with E-state index in [9.17, 15) is 0 Å². The van der Waals surface area contributed by atoms with Crippen LogP contribution in [-0.4, -0.2) is 4.98 Å². The number of benzene rings is 1. The molecular formula is C13H15N3. The maximum Gasteiger partial charge on any atom is 0.0597 e. The van der Waals surface area contributed by atoms with E-state index in [2.05, 4.69) is 10.3 Å². The fraction of sp³-hybridized carbons (Fsp3) is 0.154. The van der Waals surface area contributed by atoms with Gasteiger partial charge in [0.25, 0.3) is 0 Å². The highest BCUT2D eigenvalue weighted by Crippen LogP contribution is 2.11. The van der Waals surface area contributed by atoms with Crippen molar-refractivity contribution in [3.8, 4) is 0 Å². The maximum absolute atomic E-state index is 5.61. The van der Waals surface area contributed by atoms with Crippen LogP contribution in [-0.2, 0) is 6.54 Å². The molecule has 0 radical (unpaired) electrons. The van der Waals surface area contributed by atoms with Crippen molar-refractivity contribution < 1.29 is 0 Å². The minimum Gasteiger partial charge on any atom is -0.399 e. The van der Waals surface area contributed by atoms with Crippen LogP contribution in [0, 0.1) is 6.92 Å². The van der Waals surface area contributed by atoms with Gasteiger partial charge in [-0.25, -0.2) is 0 Å². The van der Waals surface area contributed by atoms with Crippen LogP contribution in [0.2, 0.25) is 0 Å². The summed E-state index contributed by atoms with van der Waals surface area (Å²) < 4.78 is 0. The van der Waals surface area contributed by atoms with Crippen molar-refractivity contribution in [2.75, 3.05) is 11.1 Å². The summed E-state index contributed by atoms with van der Waals surface area (Å²) in [5.41, 5.74) is 9.52. The number of pyridine rings is 1. The summed E-state index contributed by atoms with van der Waals surface area (Å²) in [6, 6.07) is 13.7. The fourth-order valence-corrected chi connectivity index (χ4v) is 1.49. The molecule has 0 spiro atoms. The lowest BCUT2D eigenvalue weighted by Crippen LogP contribution is -2.02. The maximum atomic E-state index is 5.61. The number of nitrogens with two attached hydrogens (primary N) is 1. The van der Waals surface area contributed by atoms with Gasteiger partial charge in [0.15, 0.2) is 0 Å². The summed E-state index contributed by atoms with van der Waals surface area (Å²) >= 11 is 0. The van der Waals surface area contributed by atoms with Crippen LogP contribution in [0.1, 0.15) is 11.4 Å². The normalized spacial score (nSPS) is 10.1. The van der Waals surface area contributed by atoms with Gasteiger partial charge in [0.05, 0.1) is 12.2 Å². The average molecular weight is 213 g/mol. The highest BCUT2D eigenvalue weighted by molar-refractivity contribution is 5.51. The molecule has 1 aromatic carbocycles. The minimum atomic E-state index is 0.728. The van der Waals surface area contributed by atoms with Gasteiger partial charge >= 0.3 is 0 Å². The smallest absolute Gasteiger partial charge is 0.0597 e. The Morgan fingerprint density at radius 2 is 1.88 bits per heavy atom. The molecule has 0 unspecified atom stereocenters. The van der Waals surface area contributed by atoms with Crippen molar-refractivity contribution in [2.45, 2.75) is 13.5 Å². The van der Waals surface area contributed by atoms with Gasteiger partial charge in [0.1, 0.15) is 0 Å². The predicted octanol–water partition coefficient (Wildman–Crippen LogP) is 2.58. The third kappa shape index (κ3) is 2.73. The molecule has 0 saturated heterocycles. The molecule has 0 aliphatic carbocycles. The highest BCUT2D eigenvalue weighted by atomic mass is 14.9. The second-order valence-corrected chi connectivity index (χ2v) is 3.75. The average Bonchev–Trinajstić information content (AvgIpc) is 2.28. The van der Waals surface area contributed by atoms with E-state index >= 15 is 0 Å². The largest absolute Gasteiger partial charge is 0.399 e. The van der Waals surface area contributed by atoms with E-state index in [1.165, 1.54) is 0 Å². The number of aryl methyl sites for hydroxylation is 1. The monoisotopic (exact) mass is 213 g/mol.